The van der Waals surface area contributed by atoms with E-state index in [1.807, 2.05) is 17.0 Å². The molecule has 0 saturated carbocycles. The Bertz CT molecular complexity index is 631. The highest BCUT2D eigenvalue weighted by atomic mass is 16.5. The molecule has 1 N–H and O–H groups in total. The normalized spacial score (nSPS) is 20.2. The van der Waals surface area contributed by atoms with Gasteiger partial charge in [-0.15, -0.1) is 0 Å². The van der Waals surface area contributed by atoms with E-state index in [2.05, 4.69) is 6.07 Å². The lowest BCUT2D eigenvalue weighted by atomic mass is 10.1. The number of hydrogen-bond acceptors (Lipinski definition) is 4. The van der Waals surface area contributed by atoms with Gasteiger partial charge in [-0.25, -0.2) is 0 Å². The van der Waals surface area contributed by atoms with Crippen molar-refractivity contribution in [2.24, 2.45) is 0 Å². The van der Waals surface area contributed by atoms with E-state index in [0.717, 1.165) is 18.4 Å². The maximum absolute atomic E-state index is 12.8. The summed E-state index contributed by atoms with van der Waals surface area (Å²) in [6, 6.07) is 6.04. The number of nitrogens with zero attached hydrogens (tertiary/aromatic N) is 2. The van der Waals surface area contributed by atoms with Crippen LogP contribution in [0.2, 0.25) is 0 Å². The first-order valence-corrected chi connectivity index (χ1v) is 8.46. The number of rotatable bonds is 5. The van der Waals surface area contributed by atoms with Crippen LogP contribution in [0.4, 0.5) is 0 Å². The van der Waals surface area contributed by atoms with E-state index in [0.29, 0.717) is 26.2 Å². The van der Waals surface area contributed by atoms with Gasteiger partial charge in [-0.3, -0.25) is 14.5 Å². The Balaban J connectivity index is 1.61. The zero-order valence-corrected chi connectivity index (χ0v) is 14.0. The molecule has 0 spiro atoms. The van der Waals surface area contributed by atoms with Gasteiger partial charge in [0.1, 0.15) is 0 Å². The standard InChI is InChI=1S/C18H24N2O4/c1-19(12-17(21)22)10-16-11-20(7-8-24-16)18(23)15-6-5-13-3-2-4-14(13)9-15/h5-6,9,16H,2-4,7-8,10-12H2,1H3,(H,21,22). The van der Waals surface area contributed by atoms with Crippen LogP contribution in [0.5, 0.6) is 0 Å². The second-order valence-corrected chi connectivity index (χ2v) is 6.67. The third kappa shape index (κ3) is 3.94. The predicted octanol–water partition coefficient (Wildman–Crippen LogP) is 1.03. The smallest absolute Gasteiger partial charge is 0.317 e. The number of ether oxygens (including phenoxy) is 1. The number of carbonyl (C=O) groups excluding carboxylic acids is 1. The molecule has 1 aliphatic carbocycles. The van der Waals surface area contributed by atoms with Crippen molar-refractivity contribution in [3.8, 4) is 0 Å². The van der Waals surface area contributed by atoms with E-state index in [4.69, 9.17) is 9.84 Å². The van der Waals surface area contributed by atoms with E-state index in [1.165, 1.54) is 17.5 Å². The molecule has 1 aromatic carbocycles. The van der Waals surface area contributed by atoms with Gasteiger partial charge in [0.05, 0.1) is 19.3 Å². The molecular weight excluding hydrogens is 308 g/mol. The SMILES string of the molecule is CN(CC(=O)O)CC1CN(C(=O)c2ccc3c(c2)CCC3)CCO1. The van der Waals surface area contributed by atoms with Crippen LogP contribution in [0.1, 0.15) is 27.9 Å². The van der Waals surface area contributed by atoms with Gasteiger partial charge in [-0.2, -0.15) is 0 Å². The maximum atomic E-state index is 12.8. The molecule has 1 unspecified atom stereocenters. The molecule has 0 bridgehead atoms. The summed E-state index contributed by atoms with van der Waals surface area (Å²) in [6.45, 7) is 2.04. The fourth-order valence-corrected chi connectivity index (χ4v) is 3.54. The average Bonchev–Trinajstić information content (AvgIpc) is 3.01. The molecule has 6 nitrogen and oxygen atoms in total. The number of carboxylic acid groups (broad SMARTS) is 1. The molecule has 1 aliphatic heterocycles. The number of amides is 1. The van der Waals surface area contributed by atoms with Crippen LogP contribution in [0.3, 0.4) is 0 Å². The quantitative estimate of drug-likeness (QED) is 0.872. The summed E-state index contributed by atoms with van der Waals surface area (Å²) in [5, 5.41) is 8.83. The summed E-state index contributed by atoms with van der Waals surface area (Å²) in [5.74, 6) is -0.821. The van der Waals surface area contributed by atoms with Crippen molar-refractivity contribution in [2.45, 2.75) is 25.4 Å². The largest absolute Gasteiger partial charge is 0.480 e. The maximum Gasteiger partial charge on any atom is 0.317 e. The molecule has 24 heavy (non-hydrogen) atoms. The lowest BCUT2D eigenvalue weighted by Gasteiger charge is -2.34. The minimum atomic E-state index is -0.862. The molecular formula is C18H24N2O4. The molecule has 1 fully saturated rings. The van der Waals surface area contributed by atoms with Crippen LogP contribution in [-0.4, -0.2) is 72.7 Å². The predicted molar refractivity (Wildman–Crippen MR) is 89.2 cm³/mol. The first kappa shape index (κ1) is 16.9. The minimum absolute atomic E-state index is 0.0291. The Hall–Kier alpha value is -1.92. The summed E-state index contributed by atoms with van der Waals surface area (Å²) in [5.41, 5.74) is 3.41. The fourth-order valence-electron chi connectivity index (χ4n) is 3.54. The Kier molecular flexibility index (Phi) is 5.16. The van der Waals surface area contributed by atoms with Gasteiger partial charge in [-0.05, 0) is 49.6 Å². The number of fused-ring (bicyclic) bond motifs is 1. The number of carboxylic acids is 1. The van der Waals surface area contributed by atoms with Gasteiger partial charge < -0.3 is 14.7 Å². The van der Waals surface area contributed by atoms with Crippen LogP contribution in [0.25, 0.3) is 0 Å². The molecule has 1 amide bonds. The van der Waals surface area contributed by atoms with Crippen molar-refractivity contribution in [3.05, 3.63) is 34.9 Å². The van der Waals surface area contributed by atoms with Crippen LogP contribution < -0.4 is 0 Å². The molecule has 3 rings (SSSR count). The van der Waals surface area contributed by atoms with Crippen molar-refractivity contribution in [1.82, 2.24) is 9.80 Å². The first-order valence-electron chi connectivity index (χ1n) is 8.46. The van der Waals surface area contributed by atoms with Gasteiger partial charge in [0.25, 0.3) is 5.91 Å². The van der Waals surface area contributed by atoms with E-state index >= 15 is 0 Å². The van der Waals surface area contributed by atoms with E-state index < -0.39 is 5.97 Å². The van der Waals surface area contributed by atoms with Crippen molar-refractivity contribution in [1.29, 1.82) is 0 Å². The Labute approximate surface area is 142 Å². The molecule has 0 radical (unpaired) electrons. The Morgan fingerprint density at radius 2 is 2.12 bits per heavy atom. The highest BCUT2D eigenvalue weighted by molar-refractivity contribution is 5.94. The zero-order chi connectivity index (χ0) is 17.1. The van der Waals surface area contributed by atoms with Crippen LogP contribution in [-0.2, 0) is 22.4 Å². The fraction of sp³-hybridized carbons (Fsp3) is 0.556. The number of aryl methyl sites for hydroxylation is 2. The number of likely N-dealkylation sites (N-methyl/N-ethyl adjacent to an activating group) is 1. The summed E-state index contributed by atoms with van der Waals surface area (Å²) in [7, 11) is 1.75. The van der Waals surface area contributed by atoms with Crippen molar-refractivity contribution in [2.75, 3.05) is 39.8 Å². The summed E-state index contributed by atoms with van der Waals surface area (Å²) in [4.78, 5) is 27.0. The van der Waals surface area contributed by atoms with Gasteiger partial charge >= 0.3 is 5.97 Å². The third-order valence-electron chi connectivity index (χ3n) is 4.69. The number of hydrogen-bond donors (Lipinski definition) is 1. The molecule has 1 atom stereocenters. The third-order valence-corrected chi connectivity index (χ3v) is 4.69. The number of carbonyl (C=O) groups is 2. The lowest BCUT2D eigenvalue weighted by molar-refractivity contribution is -0.138. The van der Waals surface area contributed by atoms with Crippen LogP contribution in [0, 0.1) is 0 Å². The first-order chi connectivity index (χ1) is 11.5. The minimum Gasteiger partial charge on any atom is -0.480 e. The van der Waals surface area contributed by atoms with Crippen molar-refractivity contribution < 1.29 is 19.4 Å². The van der Waals surface area contributed by atoms with Gasteiger partial charge in [0.2, 0.25) is 0 Å². The molecule has 1 aromatic rings. The summed E-state index contributed by atoms with van der Waals surface area (Å²) < 4.78 is 5.69. The average molecular weight is 332 g/mol. The number of morpholine rings is 1. The van der Waals surface area contributed by atoms with Crippen molar-refractivity contribution >= 4 is 11.9 Å². The topological polar surface area (TPSA) is 70.1 Å². The molecule has 2 aliphatic rings. The molecule has 1 heterocycles. The second kappa shape index (κ2) is 7.32. The van der Waals surface area contributed by atoms with Crippen LogP contribution in [0.15, 0.2) is 18.2 Å². The summed E-state index contributed by atoms with van der Waals surface area (Å²) in [6.07, 6.45) is 3.19. The van der Waals surface area contributed by atoms with Gasteiger partial charge in [-0.1, -0.05) is 6.07 Å². The van der Waals surface area contributed by atoms with E-state index in [1.54, 1.807) is 11.9 Å². The second-order valence-electron chi connectivity index (χ2n) is 6.67. The van der Waals surface area contributed by atoms with Crippen molar-refractivity contribution in [3.63, 3.8) is 0 Å². The highest BCUT2D eigenvalue weighted by Gasteiger charge is 2.27. The zero-order valence-electron chi connectivity index (χ0n) is 14.0. The number of aliphatic carboxylic acids is 1. The Morgan fingerprint density at radius 3 is 2.92 bits per heavy atom. The Morgan fingerprint density at radius 1 is 1.33 bits per heavy atom. The van der Waals surface area contributed by atoms with E-state index in [-0.39, 0.29) is 18.6 Å². The molecule has 6 heteroatoms. The monoisotopic (exact) mass is 332 g/mol. The highest BCUT2D eigenvalue weighted by Crippen LogP contribution is 2.23. The van der Waals surface area contributed by atoms with E-state index in [9.17, 15) is 9.59 Å². The number of benzene rings is 1. The molecule has 0 aromatic heterocycles. The van der Waals surface area contributed by atoms with Gasteiger partial charge in [0.15, 0.2) is 0 Å². The summed E-state index contributed by atoms with van der Waals surface area (Å²) >= 11 is 0. The lowest BCUT2D eigenvalue weighted by Crippen LogP contribution is -2.49. The molecule has 1 saturated heterocycles. The van der Waals surface area contributed by atoms with Gasteiger partial charge in [0, 0.05) is 25.2 Å². The van der Waals surface area contributed by atoms with Crippen LogP contribution >= 0.6 is 0 Å². The molecule has 130 valence electrons.